The van der Waals surface area contributed by atoms with Crippen molar-refractivity contribution in [1.29, 1.82) is 0 Å². The molecular formula is C36H24N4O10. The number of ether oxygens (including phenoxy) is 2. The molecule has 248 valence electrons. The minimum Gasteiger partial charge on any atom is -0.478 e. The summed E-state index contributed by atoms with van der Waals surface area (Å²) < 4.78 is 11.6. The monoisotopic (exact) mass is 672 g/mol. The third kappa shape index (κ3) is 5.79. The first-order valence-electron chi connectivity index (χ1n) is 14.8. The number of hydrogen-bond donors (Lipinski definition) is 8. The zero-order valence-corrected chi connectivity index (χ0v) is 25.5. The fraction of sp³-hybridized carbons (Fsp3) is 0. The minimum atomic E-state index is -1.02. The van der Waals surface area contributed by atoms with Gasteiger partial charge in [-0.05, 0) is 72.8 Å². The largest absolute Gasteiger partial charge is 0.478 e. The number of aromatic amines is 4. The summed E-state index contributed by atoms with van der Waals surface area (Å²) in [7, 11) is 0. The Bertz CT molecular complexity index is 2280. The minimum absolute atomic E-state index is 0.162. The number of aromatic carboxylic acids is 4. The molecule has 0 amide bonds. The van der Waals surface area contributed by atoms with Crippen molar-refractivity contribution in [2.24, 2.45) is 0 Å². The van der Waals surface area contributed by atoms with Crippen molar-refractivity contribution in [3.05, 3.63) is 120 Å². The number of hydrogen-bond acceptors (Lipinski definition) is 6. The van der Waals surface area contributed by atoms with E-state index in [1.165, 1.54) is 24.8 Å². The molecule has 0 spiro atoms. The molecule has 4 heterocycles. The van der Waals surface area contributed by atoms with Crippen LogP contribution < -0.4 is 9.47 Å². The molecule has 4 aromatic heterocycles. The zero-order valence-electron chi connectivity index (χ0n) is 25.5. The highest BCUT2D eigenvalue weighted by Crippen LogP contribution is 2.32. The van der Waals surface area contributed by atoms with Crippen molar-refractivity contribution in [3.63, 3.8) is 0 Å². The second-order valence-electron chi connectivity index (χ2n) is 11.1. The van der Waals surface area contributed by atoms with E-state index in [9.17, 15) is 39.6 Å². The molecule has 8 aromatic rings. The molecule has 8 rings (SSSR count). The molecule has 4 aromatic carbocycles. The maximum absolute atomic E-state index is 11.2. The Labute approximate surface area is 279 Å². The number of carbonyl (C=O) groups is 4. The van der Waals surface area contributed by atoms with Gasteiger partial charge in [-0.25, -0.2) is 19.2 Å². The molecule has 0 fully saturated rings. The molecule has 0 unspecified atom stereocenters. The van der Waals surface area contributed by atoms with E-state index in [0.29, 0.717) is 66.6 Å². The number of benzene rings is 4. The van der Waals surface area contributed by atoms with Crippen LogP contribution in [0.2, 0.25) is 0 Å². The third-order valence-electron chi connectivity index (χ3n) is 8.01. The lowest BCUT2D eigenvalue weighted by molar-refractivity contribution is 0.0688. The van der Waals surface area contributed by atoms with Crippen molar-refractivity contribution in [2.75, 3.05) is 0 Å². The summed E-state index contributed by atoms with van der Waals surface area (Å²) >= 11 is 0. The van der Waals surface area contributed by atoms with Gasteiger partial charge in [-0.2, -0.15) is 0 Å². The van der Waals surface area contributed by atoms with Crippen molar-refractivity contribution >= 4 is 67.5 Å². The van der Waals surface area contributed by atoms with Crippen LogP contribution in [-0.4, -0.2) is 64.2 Å². The molecule has 0 saturated carbocycles. The van der Waals surface area contributed by atoms with Gasteiger partial charge in [0.2, 0.25) is 0 Å². The fourth-order valence-corrected chi connectivity index (χ4v) is 5.63. The molecule has 8 N–H and O–H groups in total. The molecule has 0 aliphatic rings. The van der Waals surface area contributed by atoms with Crippen molar-refractivity contribution in [3.8, 4) is 23.0 Å². The van der Waals surface area contributed by atoms with E-state index in [-0.39, 0.29) is 22.3 Å². The standard InChI is InChI=1S/2C18H12N2O5/c2*21-17(22)13-7-19-15-3-1-9(5-11(13)15)25-10-2-4-16-12(6-10)14(8-20-16)18(23)24/h2*1-8,19-20H,(H,21,22)(H,23,24). The summed E-state index contributed by atoms with van der Waals surface area (Å²) in [4.78, 5) is 56.6. The van der Waals surface area contributed by atoms with E-state index >= 15 is 0 Å². The predicted octanol–water partition coefficient (Wildman–Crippen LogP) is 7.68. The summed E-state index contributed by atoms with van der Waals surface area (Å²) in [5.74, 6) is -2.26. The first-order valence-corrected chi connectivity index (χ1v) is 14.8. The Morgan fingerprint density at radius 2 is 0.600 bits per heavy atom. The van der Waals surface area contributed by atoms with Crippen molar-refractivity contribution in [1.82, 2.24) is 19.9 Å². The molecule has 0 bridgehead atoms. The van der Waals surface area contributed by atoms with Gasteiger partial charge in [-0.3, -0.25) is 0 Å². The van der Waals surface area contributed by atoms with E-state index in [4.69, 9.17) is 9.47 Å². The average Bonchev–Trinajstić information content (AvgIpc) is 3.88. The van der Waals surface area contributed by atoms with Gasteiger partial charge in [0.05, 0.1) is 22.3 Å². The lowest BCUT2D eigenvalue weighted by atomic mass is 10.1. The molecular weight excluding hydrogens is 648 g/mol. The number of aromatic nitrogens is 4. The molecule has 50 heavy (non-hydrogen) atoms. The number of H-pyrrole nitrogens is 4. The van der Waals surface area contributed by atoms with Gasteiger partial charge < -0.3 is 49.8 Å². The molecule has 14 nitrogen and oxygen atoms in total. The van der Waals surface area contributed by atoms with Crippen LogP contribution in [0.25, 0.3) is 43.6 Å². The summed E-state index contributed by atoms with van der Waals surface area (Å²) in [6, 6.07) is 20.3. The number of carboxylic acids is 4. The number of fused-ring (bicyclic) bond motifs is 4. The Morgan fingerprint density at radius 1 is 0.380 bits per heavy atom. The zero-order chi connectivity index (χ0) is 35.1. The van der Waals surface area contributed by atoms with Crippen molar-refractivity contribution < 1.29 is 49.1 Å². The van der Waals surface area contributed by atoms with Gasteiger partial charge in [0.1, 0.15) is 23.0 Å². The van der Waals surface area contributed by atoms with Crippen molar-refractivity contribution in [2.45, 2.75) is 0 Å². The quantitative estimate of drug-likeness (QED) is 0.0784. The molecule has 0 atom stereocenters. The summed E-state index contributed by atoms with van der Waals surface area (Å²) in [6.45, 7) is 0. The van der Waals surface area contributed by atoms with Gasteiger partial charge in [0.25, 0.3) is 0 Å². The molecule has 14 heteroatoms. The second kappa shape index (κ2) is 12.3. The third-order valence-corrected chi connectivity index (χ3v) is 8.01. The van der Waals surface area contributed by atoms with Gasteiger partial charge in [-0.15, -0.1) is 0 Å². The van der Waals surface area contributed by atoms with Crippen LogP contribution in [0, 0.1) is 0 Å². The van der Waals surface area contributed by atoms with Gasteiger partial charge >= 0.3 is 23.9 Å². The fourth-order valence-electron chi connectivity index (χ4n) is 5.63. The Kier molecular flexibility index (Phi) is 7.64. The lowest BCUT2D eigenvalue weighted by Crippen LogP contribution is -1.94. The number of carboxylic acid groups (broad SMARTS) is 4. The first-order chi connectivity index (χ1) is 24.0. The molecule has 0 aliphatic heterocycles. The van der Waals surface area contributed by atoms with E-state index < -0.39 is 23.9 Å². The molecule has 0 aliphatic carbocycles. The first kappa shape index (κ1) is 31.1. The van der Waals surface area contributed by atoms with Crippen LogP contribution in [0.3, 0.4) is 0 Å². The van der Waals surface area contributed by atoms with Crippen LogP contribution in [0.1, 0.15) is 41.4 Å². The van der Waals surface area contributed by atoms with Crippen LogP contribution in [0.15, 0.2) is 97.6 Å². The number of nitrogens with one attached hydrogen (secondary N) is 4. The smallest absolute Gasteiger partial charge is 0.337 e. The summed E-state index contributed by atoms with van der Waals surface area (Å²) in [6.07, 6.45) is 5.73. The normalized spacial score (nSPS) is 11.0. The van der Waals surface area contributed by atoms with Gasteiger partial charge in [0, 0.05) is 68.4 Å². The second-order valence-corrected chi connectivity index (χ2v) is 11.1. The Hall–Kier alpha value is -7.48. The van der Waals surface area contributed by atoms with E-state index in [1.807, 2.05) is 0 Å². The van der Waals surface area contributed by atoms with Crippen LogP contribution in [-0.2, 0) is 0 Å². The van der Waals surface area contributed by atoms with E-state index in [1.54, 1.807) is 72.8 Å². The van der Waals surface area contributed by atoms with Crippen LogP contribution >= 0.6 is 0 Å². The van der Waals surface area contributed by atoms with E-state index in [0.717, 1.165) is 0 Å². The Morgan fingerprint density at radius 3 is 0.800 bits per heavy atom. The van der Waals surface area contributed by atoms with Crippen LogP contribution in [0.4, 0.5) is 0 Å². The SMILES string of the molecule is O=C(O)c1c[nH]c2ccc(Oc3ccc4[nH]cc(C(=O)O)c4c3)cc12.O=C(O)c1c[nH]c2ccc(Oc3ccc4[nH]cc(C(=O)O)c4c3)cc12. The summed E-state index contributed by atoms with van der Waals surface area (Å²) in [5.41, 5.74) is 3.42. The maximum atomic E-state index is 11.2. The topological polar surface area (TPSA) is 231 Å². The van der Waals surface area contributed by atoms with Gasteiger partial charge in [-0.1, -0.05) is 0 Å². The molecule has 0 saturated heterocycles. The van der Waals surface area contributed by atoms with E-state index in [2.05, 4.69) is 19.9 Å². The lowest BCUT2D eigenvalue weighted by Gasteiger charge is -2.06. The summed E-state index contributed by atoms with van der Waals surface area (Å²) in [5, 5.41) is 39.0. The molecule has 0 radical (unpaired) electrons. The average molecular weight is 673 g/mol. The highest BCUT2D eigenvalue weighted by atomic mass is 16.5. The number of rotatable bonds is 8. The Balaban J connectivity index is 0.000000157. The predicted molar refractivity (Wildman–Crippen MR) is 181 cm³/mol. The maximum Gasteiger partial charge on any atom is 0.337 e. The van der Waals surface area contributed by atoms with Crippen LogP contribution in [0.5, 0.6) is 23.0 Å². The highest BCUT2D eigenvalue weighted by molar-refractivity contribution is 6.06. The highest BCUT2D eigenvalue weighted by Gasteiger charge is 2.15. The van der Waals surface area contributed by atoms with Gasteiger partial charge in [0.15, 0.2) is 0 Å².